The summed E-state index contributed by atoms with van der Waals surface area (Å²) in [6.45, 7) is 12.4. The molecule has 0 saturated heterocycles. The van der Waals surface area contributed by atoms with Gasteiger partial charge in [-0.1, -0.05) is 6.92 Å². The summed E-state index contributed by atoms with van der Waals surface area (Å²) in [6, 6.07) is 2.02. The normalized spacial score (nSPS) is 10.8. The molecule has 0 aliphatic carbocycles. The van der Waals surface area contributed by atoms with Gasteiger partial charge in [-0.3, -0.25) is 4.79 Å². The zero-order chi connectivity index (χ0) is 17.0. The lowest BCUT2D eigenvalue weighted by Crippen LogP contribution is -2.29. The van der Waals surface area contributed by atoms with Crippen LogP contribution in [0.4, 0.5) is 5.82 Å². The number of carbonyl (C=O) groups is 1. The van der Waals surface area contributed by atoms with E-state index in [0.29, 0.717) is 12.2 Å². The van der Waals surface area contributed by atoms with E-state index in [2.05, 4.69) is 39.0 Å². The Morgan fingerprint density at radius 2 is 1.83 bits per heavy atom. The zero-order valence-electron chi connectivity index (χ0n) is 14.6. The van der Waals surface area contributed by atoms with Crippen molar-refractivity contribution in [2.45, 2.75) is 41.0 Å². The van der Waals surface area contributed by atoms with E-state index in [1.54, 1.807) is 0 Å². The average molecular weight is 315 g/mol. The summed E-state index contributed by atoms with van der Waals surface area (Å²) in [7, 11) is 0. The number of hydrogen-bond donors (Lipinski definition) is 1. The van der Waals surface area contributed by atoms with Crippen LogP contribution in [0.3, 0.4) is 0 Å². The number of nitrogens with one attached hydrogen (secondary N) is 1. The van der Waals surface area contributed by atoms with Crippen LogP contribution in [0.2, 0.25) is 0 Å². The molecule has 0 aliphatic heterocycles. The molecular weight excluding hydrogens is 290 g/mol. The number of aromatic nitrogens is 3. The number of carbonyl (C=O) groups excluding carboxylic acids is 1. The van der Waals surface area contributed by atoms with E-state index >= 15 is 0 Å². The van der Waals surface area contributed by atoms with Gasteiger partial charge in [0.05, 0.1) is 5.39 Å². The lowest BCUT2D eigenvalue weighted by atomic mass is 10.1. The highest BCUT2D eigenvalue weighted by atomic mass is 16.2. The highest BCUT2D eigenvalue weighted by Gasteiger charge is 2.19. The average Bonchev–Trinajstić information content (AvgIpc) is 2.52. The molecule has 2 aromatic rings. The van der Waals surface area contributed by atoms with Crippen LogP contribution in [0.15, 0.2) is 6.07 Å². The Morgan fingerprint density at radius 1 is 1.13 bits per heavy atom. The van der Waals surface area contributed by atoms with Gasteiger partial charge in [-0.2, -0.15) is 0 Å². The summed E-state index contributed by atoms with van der Waals surface area (Å²) in [6.07, 6.45) is 0.874. The molecule has 0 atom stereocenters. The molecule has 124 valence electrons. The molecule has 0 saturated carbocycles. The van der Waals surface area contributed by atoms with E-state index in [1.165, 1.54) is 0 Å². The van der Waals surface area contributed by atoms with Crippen LogP contribution < -0.4 is 10.2 Å². The summed E-state index contributed by atoms with van der Waals surface area (Å²) >= 11 is 0. The molecule has 2 heterocycles. The SMILES string of the molecule is CCCNC(=O)c1nc(N(CC)CC)c2c(C)cc(C)nc2n1. The Kier molecular flexibility index (Phi) is 5.47. The molecule has 1 amide bonds. The van der Waals surface area contributed by atoms with Crippen molar-refractivity contribution in [1.29, 1.82) is 0 Å². The molecule has 6 nitrogen and oxygen atoms in total. The van der Waals surface area contributed by atoms with Crippen LogP contribution in [-0.2, 0) is 0 Å². The predicted molar refractivity (Wildman–Crippen MR) is 93.0 cm³/mol. The van der Waals surface area contributed by atoms with E-state index in [9.17, 15) is 4.79 Å². The van der Waals surface area contributed by atoms with Crippen LogP contribution in [0.5, 0.6) is 0 Å². The maximum absolute atomic E-state index is 12.3. The molecule has 0 aliphatic rings. The predicted octanol–water partition coefficient (Wildman–Crippen LogP) is 2.63. The van der Waals surface area contributed by atoms with Crippen molar-refractivity contribution in [3.05, 3.63) is 23.1 Å². The number of amides is 1. The molecular formula is C17H25N5O. The van der Waals surface area contributed by atoms with Gasteiger partial charge in [-0.25, -0.2) is 15.0 Å². The number of anilines is 1. The van der Waals surface area contributed by atoms with Crippen molar-refractivity contribution in [3.8, 4) is 0 Å². The van der Waals surface area contributed by atoms with Gasteiger partial charge in [0.25, 0.3) is 5.91 Å². The maximum atomic E-state index is 12.3. The molecule has 6 heteroatoms. The molecule has 0 unspecified atom stereocenters. The first-order chi connectivity index (χ1) is 11.0. The zero-order valence-corrected chi connectivity index (χ0v) is 14.6. The fourth-order valence-electron chi connectivity index (χ4n) is 2.63. The first-order valence-corrected chi connectivity index (χ1v) is 8.20. The lowest BCUT2D eigenvalue weighted by Gasteiger charge is -2.22. The second-order valence-electron chi connectivity index (χ2n) is 5.58. The van der Waals surface area contributed by atoms with Gasteiger partial charge in [-0.05, 0) is 45.7 Å². The Balaban J connectivity index is 2.66. The standard InChI is InChI=1S/C17H25N5O/c1-6-9-18-17(23)15-20-14-13(11(4)10-12(5)19-14)16(21-15)22(7-2)8-3/h10H,6-9H2,1-5H3,(H,18,23). The Hall–Kier alpha value is -2.24. The summed E-state index contributed by atoms with van der Waals surface area (Å²) in [5.41, 5.74) is 2.55. The van der Waals surface area contributed by atoms with E-state index in [1.807, 2.05) is 26.8 Å². The molecule has 0 spiro atoms. The van der Waals surface area contributed by atoms with Crippen LogP contribution >= 0.6 is 0 Å². The van der Waals surface area contributed by atoms with Gasteiger partial charge in [-0.15, -0.1) is 0 Å². The second-order valence-corrected chi connectivity index (χ2v) is 5.58. The fraction of sp³-hybridized carbons (Fsp3) is 0.529. The first kappa shape index (κ1) is 17.1. The molecule has 0 bridgehead atoms. The fourth-order valence-corrected chi connectivity index (χ4v) is 2.63. The van der Waals surface area contributed by atoms with Gasteiger partial charge >= 0.3 is 0 Å². The third kappa shape index (κ3) is 3.57. The minimum atomic E-state index is -0.247. The van der Waals surface area contributed by atoms with E-state index in [-0.39, 0.29) is 11.7 Å². The van der Waals surface area contributed by atoms with Gasteiger partial charge in [0.15, 0.2) is 5.65 Å². The van der Waals surface area contributed by atoms with E-state index in [4.69, 9.17) is 0 Å². The highest BCUT2D eigenvalue weighted by Crippen LogP contribution is 2.26. The molecule has 0 fully saturated rings. The number of fused-ring (bicyclic) bond motifs is 1. The Morgan fingerprint density at radius 3 is 2.43 bits per heavy atom. The van der Waals surface area contributed by atoms with Crippen LogP contribution in [0.1, 0.15) is 49.1 Å². The van der Waals surface area contributed by atoms with Gasteiger partial charge in [0.2, 0.25) is 5.82 Å². The van der Waals surface area contributed by atoms with Crippen LogP contribution in [0.25, 0.3) is 11.0 Å². The third-order valence-electron chi connectivity index (χ3n) is 3.77. The molecule has 2 aromatic heterocycles. The minimum absolute atomic E-state index is 0.186. The smallest absolute Gasteiger partial charge is 0.289 e. The van der Waals surface area contributed by atoms with Gasteiger partial charge in [0, 0.05) is 25.3 Å². The van der Waals surface area contributed by atoms with Crippen molar-refractivity contribution in [1.82, 2.24) is 20.3 Å². The molecule has 0 radical (unpaired) electrons. The van der Waals surface area contributed by atoms with Crippen LogP contribution in [0, 0.1) is 13.8 Å². The first-order valence-electron chi connectivity index (χ1n) is 8.20. The maximum Gasteiger partial charge on any atom is 0.289 e. The Bertz CT molecular complexity index is 710. The summed E-state index contributed by atoms with van der Waals surface area (Å²) < 4.78 is 0. The largest absolute Gasteiger partial charge is 0.356 e. The van der Waals surface area contributed by atoms with Crippen LogP contribution in [-0.4, -0.2) is 40.5 Å². The summed E-state index contributed by atoms with van der Waals surface area (Å²) in [5, 5.41) is 3.76. The van der Waals surface area contributed by atoms with Crippen molar-refractivity contribution >= 4 is 22.8 Å². The topological polar surface area (TPSA) is 71.0 Å². The number of nitrogens with zero attached hydrogens (tertiary/aromatic N) is 4. The second kappa shape index (κ2) is 7.35. The van der Waals surface area contributed by atoms with Crippen molar-refractivity contribution in [2.24, 2.45) is 0 Å². The van der Waals surface area contributed by atoms with Gasteiger partial charge in [0.1, 0.15) is 5.82 Å². The molecule has 2 rings (SSSR count). The monoisotopic (exact) mass is 315 g/mol. The Labute approximate surface area is 137 Å². The van der Waals surface area contributed by atoms with Gasteiger partial charge < -0.3 is 10.2 Å². The van der Waals surface area contributed by atoms with Crippen molar-refractivity contribution in [3.63, 3.8) is 0 Å². The lowest BCUT2D eigenvalue weighted by molar-refractivity contribution is 0.0943. The highest BCUT2D eigenvalue weighted by molar-refractivity contribution is 5.96. The molecule has 23 heavy (non-hydrogen) atoms. The third-order valence-corrected chi connectivity index (χ3v) is 3.77. The summed E-state index contributed by atoms with van der Waals surface area (Å²) in [4.78, 5) is 27.9. The number of pyridine rings is 1. The molecule has 1 N–H and O–H groups in total. The quantitative estimate of drug-likeness (QED) is 0.887. The molecule has 0 aromatic carbocycles. The minimum Gasteiger partial charge on any atom is -0.356 e. The van der Waals surface area contributed by atoms with E-state index < -0.39 is 0 Å². The summed E-state index contributed by atoms with van der Waals surface area (Å²) in [5.74, 6) is 0.722. The number of aryl methyl sites for hydroxylation is 2. The van der Waals surface area contributed by atoms with E-state index in [0.717, 1.165) is 42.0 Å². The van der Waals surface area contributed by atoms with Crippen molar-refractivity contribution < 1.29 is 4.79 Å². The number of rotatable bonds is 6. The number of hydrogen-bond acceptors (Lipinski definition) is 5. The van der Waals surface area contributed by atoms with Crippen molar-refractivity contribution in [2.75, 3.05) is 24.5 Å².